The first-order valence-corrected chi connectivity index (χ1v) is 8.72. The highest BCUT2D eigenvalue weighted by atomic mass is 32.2. The molecule has 0 amide bonds. The minimum Gasteiger partial charge on any atom is -0.372 e. The molecule has 0 spiro atoms. The van der Waals surface area contributed by atoms with Gasteiger partial charge in [0.05, 0.1) is 17.1 Å². The zero-order valence-corrected chi connectivity index (χ0v) is 12.4. The quantitative estimate of drug-likeness (QED) is 0.856. The molecular weight excluding hydrogens is 286 g/mol. The van der Waals surface area contributed by atoms with Crippen molar-refractivity contribution in [2.75, 3.05) is 13.1 Å². The Bertz CT molecular complexity index is 770. The molecule has 2 unspecified atom stereocenters. The summed E-state index contributed by atoms with van der Waals surface area (Å²) >= 11 is 0. The molecular formula is C16H17NO3S. The molecule has 4 nitrogen and oxygen atoms in total. The van der Waals surface area contributed by atoms with E-state index in [1.807, 2.05) is 36.4 Å². The molecule has 2 heterocycles. The van der Waals surface area contributed by atoms with Crippen LogP contribution in [0, 0.1) is 0 Å². The van der Waals surface area contributed by atoms with Crippen LogP contribution in [0.15, 0.2) is 47.4 Å². The fourth-order valence-corrected chi connectivity index (χ4v) is 5.05. The van der Waals surface area contributed by atoms with Crippen molar-refractivity contribution in [3.05, 3.63) is 42.5 Å². The number of nitrogens with zero attached hydrogens (tertiary/aromatic N) is 1. The van der Waals surface area contributed by atoms with Crippen LogP contribution in [-0.4, -0.2) is 38.0 Å². The van der Waals surface area contributed by atoms with Crippen LogP contribution in [0.5, 0.6) is 0 Å². The molecule has 2 atom stereocenters. The second-order valence-corrected chi connectivity index (χ2v) is 7.66. The van der Waals surface area contributed by atoms with Gasteiger partial charge in [-0.1, -0.05) is 36.4 Å². The van der Waals surface area contributed by atoms with Gasteiger partial charge in [0.15, 0.2) is 0 Å². The zero-order chi connectivity index (χ0) is 14.4. The van der Waals surface area contributed by atoms with Crippen LogP contribution in [0.3, 0.4) is 0 Å². The van der Waals surface area contributed by atoms with Gasteiger partial charge < -0.3 is 4.74 Å². The lowest BCUT2D eigenvalue weighted by atomic mass is 10.1. The summed E-state index contributed by atoms with van der Waals surface area (Å²) in [7, 11) is -3.46. The molecule has 0 aliphatic carbocycles. The summed E-state index contributed by atoms with van der Waals surface area (Å²) in [5.74, 6) is 0. The molecule has 4 rings (SSSR count). The average Bonchev–Trinajstić information content (AvgIpc) is 2.84. The van der Waals surface area contributed by atoms with Gasteiger partial charge in [0.2, 0.25) is 10.0 Å². The lowest BCUT2D eigenvalue weighted by molar-refractivity contribution is -0.0114. The van der Waals surface area contributed by atoms with E-state index in [0.29, 0.717) is 18.0 Å². The summed E-state index contributed by atoms with van der Waals surface area (Å²) in [5.41, 5.74) is 0. The Morgan fingerprint density at radius 3 is 2.38 bits per heavy atom. The number of sulfonamides is 1. The summed E-state index contributed by atoms with van der Waals surface area (Å²) in [4.78, 5) is 0.405. The summed E-state index contributed by atoms with van der Waals surface area (Å²) in [6.45, 7) is 0.949. The van der Waals surface area contributed by atoms with Crippen LogP contribution in [0.1, 0.15) is 12.8 Å². The second kappa shape index (κ2) is 4.80. The topological polar surface area (TPSA) is 46.6 Å². The van der Waals surface area contributed by atoms with Crippen molar-refractivity contribution in [3.63, 3.8) is 0 Å². The van der Waals surface area contributed by atoms with E-state index in [0.717, 1.165) is 23.6 Å². The van der Waals surface area contributed by atoms with E-state index in [4.69, 9.17) is 4.74 Å². The molecule has 0 N–H and O–H groups in total. The molecule has 110 valence electrons. The molecule has 5 heteroatoms. The molecule has 2 fully saturated rings. The minimum atomic E-state index is -3.46. The Morgan fingerprint density at radius 2 is 1.62 bits per heavy atom. The van der Waals surface area contributed by atoms with Gasteiger partial charge in [-0.15, -0.1) is 0 Å². The maximum atomic E-state index is 13.0. The third-order valence-electron chi connectivity index (χ3n) is 4.38. The normalized spacial score (nSPS) is 26.3. The highest BCUT2D eigenvalue weighted by Crippen LogP contribution is 2.32. The Kier molecular flexibility index (Phi) is 3.03. The summed E-state index contributed by atoms with van der Waals surface area (Å²) in [5, 5.41) is 1.74. The van der Waals surface area contributed by atoms with E-state index >= 15 is 0 Å². The third-order valence-corrected chi connectivity index (χ3v) is 6.27. The van der Waals surface area contributed by atoms with Crippen molar-refractivity contribution in [3.8, 4) is 0 Å². The van der Waals surface area contributed by atoms with E-state index in [2.05, 4.69) is 0 Å². The van der Waals surface area contributed by atoms with Crippen molar-refractivity contribution in [2.45, 2.75) is 29.9 Å². The largest absolute Gasteiger partial charge is 0.372 e. The summed E-state index contributed by atoms with van der Waals surface area (Å²) in [6, 6.07) is 13.1. The van der Waals surface area contributed by atoms with E-state index < -0.39 is 10.0 Å². The molecule has 2 aromatic rings. The number of rotatable bonds is 2. The molecule has 2 aliphatic rings. The van der Waals surface area contributed by atoms with E-state index in [1.54, 1.807) is 10.4 Å². The highest BCUT2D eigenvalue weighted by Gasteiger charge is 2.39. The third kappa shape index (κ3) is 2.16. The van der Waals surface area contributed by atoms with E-state index in [-0.39, 0.29) is 12.2 Å². The van der Waals surface area contributed by atoms with E-state index in [9.17, 15) is 8.42 Å². The number of benzene rings is 2. The smallest absolute Gasteiger partial charge is 0.243 e. The van der Waals surface area contributed by atoms with Crippen LogP contribution in [0.4, 0.5) is 0 Å². The maximum absolute atomic E-state index is 13.0. The number of fused-ring (bicyclic) bond motifs is 3. The lowest BCUT2D eigenvalue weighted by Gasteiger charge is -2.31. The number of morpholine rings is 1. The van der Waals surface area contributed by atoms with Gasteiger partial charge in [-0.25, -0.2) is 8.42 Å². The fraction of sp³-hybridized carbons (Fsp3) is 0.375. The Morgan fingerprint density at radius 1 is 0.952 bits per heavy atom. The Balaban J connectivity index is 1.80. The van der Waals surface area contributed by atoms with Crippen molar-refractivity contribution in [1.29, 1.82) is 0 Å². The second-order valence-electron chi connectivity index (χ2n) is 5.76. The van der Waals surface area contributed by atoms with Gasteiger partial charge in [0.25, 0.3) is 0 Å². The van der Waals surface area contributed by atoms with E-state index in [1.165, 1.54) is 0 Å². The minimum absolute atomic E-state index is 0.0634. The zero-order valence-electron chi connectivity index (χ0n) is 11.6. The standard InChI is InChI=1S/C16H17NO3S/c18-21(19,17-10-13-8-9-14(11-17)20-13)16-7-3-5-12-4-1-2-6-15(12)16/h1-7,13-14H,8-11H2. The van der Waals surface area contributed by atoms with Gasteiger partial charge in [0.1, 0.15) is 0 Å². The number of ether oxygens (including phenoxy) is 1. The lowest BCUT2D eigenvalue weighted by Crippen LogP contribution is -2.45. The van der Waals surface area contributed by atoms with Crippen LogP contribution < -0.4 is 0 Å². The average molecular weight is 303 g/mol. The van der Waals surface area contributed by atoms with Crippen molar-refractivity contribution >= 4 is 20.8 Å². The van der Waals surface area contributed by atoms with Crippen LogP contribution in [0.2, 0.25) is 0 Å². The molecule has 0 saturated carbocycles. The predicted octanol–water partition coefficient (Wildman–Crippen LogP) is 2.39. The van der Waals surface area contributed by atoms with Gasteiger partial charge in [-0.2, -0.15) is 4.31 Å². The first kappa shape index (κ1) is 13.2. The van der Waals surface area contributed by atoms with Gasteiger partial charge in [0, 0.05) is 18.5 Å². The van der Waals surface area contributed by atoms with Crippen molar-refractivity contribution < 1.29 is 13.2 Å². The van der Waals surface area contributed by atoms with Gasteiger partial charge >= 0.3 is 0 Å². The SMILES string of the molecule is O=S(=O)(c1cccc2ccccc12)N1CC2CCC(C1)O2. The Labute approximate surface area is 124 Å². The molecule has 2 bridgehead atoms. The fourth-order valence-electron chi connectivity index (χ4n) is 3.33. The molecule has 0 radical (unpaired) electrons. The molecule has 0 aromatic heterocycles. The molecule has 2 aliphatic heterocycles. The molecule has 2 saturated heterocycles. The van der Waals surface area contributed by atoms with Crippen LogP contribution in [0.25, 0.3) is 10.8 Å². The maximum Gasteiger partial charge on any atom is 0.243 e. The number of hydrogen-bond acceptors (Lipinski definition) is 3. The van der Waals surface area contributed by atoms with Crippen molar-refractivity contribution in [1.82, 2.24) is 4.31 Å². The van der Waals surface area contributed by atoms with Crippen LogP contribution >= 0.6 is 0 Å². The highest BCUT2D eigenvalue weighted by molar-refractivity contribution is 7.89. The first-order valence-electron chi connectivity index (χ1n) is 7.28. The van der Waals surface area contributed by atoms with Gasteiger partial charge in [-0.3, -0.25) is 0 Å². The molecule has 2 aromatic carbocycles. The summed E-state index contributed by atoms with van der Waals surface area (Å²) in [6.07, 6.45) is 2.06. The first-order chi connectivity index (χ1) is 10.1. The Hall–Kier alpha value is -1.43. The summed E-state index contributed by atoms with van der Waals surface area (Å²) < 4.78 is 33.3. The van der Waals surface area contributed by atoms with Crippen LogP contribution in [-0.2, 0) is 14.8 Å². The predicted molar refractivity (Wildman–Crippen MR) is 80.6 cm³/mol. The monoisotopic (exact) mass is 303 g/mol. The van der Waals surface area contributed by atoms with Crippen molar-refractivity contribution in [2.24, 2.45) is 0 Å². The number of hydrogen-bond donors (Lipinski definition) is 0. The molecule has 21 heavy (non-hydrogen) atoms. The van der Waals surface area contributed by atoms with Gasteiger partial charge in [-0.05, 0) is 24.3 Å².